The molecular formula is C14H19N3O2. The van der Waals surface area contributed by atoms with Crippen molar-refractivity contribution in [3.8, 4) is 17.1 Å². The maximum absolute atomic E-state index is 5.27. The molecule has 0 spiro atoms. The van der Waals surface area contributed by atoms with Gasteiger partial charge in [0, 0.05) is 18.0 Å². The van der Waals surface area contributed by atoms with E-state index in [1.165, 1.54) is 0 Å². The second-order valence-corrected chi connectivity index (χ2v) is 4.41. The Morgan fingerprint density at radius 3 is 3.00 bits per heavy atom. The lowest BCUT2D eigenvalue weighted by atomic mass is 10.2. The van der Waals surface area contributed by atoms with Crippen LogP contribution in [0, 0.1) is 0 Å². The third-order valence-corrected chi connectivity index (χ3v) is 2.83. The van der Waals surface area contributed by atoms with Crippen molar-refractivity contribution in [1.82, 2.24) is 15.5 Å². The topological polar surface area (TPSA) is 60.2 Å². The molecule has 5 nitrogen and oxygen atoms in total. The van der Waals surface area contributed by atoms with E-state index in [2.05, 4.69) is 29.3 Å². The number of benzene rings is 1. The van der Waals surface area contributed by atoms with Gasteiger partial charge < -0.3 is 14.6 Å². The van der Waals surface area contributed by atoms with Gasteiger partial charge >= 0.3 is 0 Å². The van der Waals surface area contributed by atoms with Gasteiger partial charge in [-0.1, -0.05) is 24.2 Å². The van der Waals surface area contributed by atoms with Crippen LogP contribution in [-0.4, -0.2) is 29.8 Å². The van der Waals surface area contributed by atoms with Crippen LogP contribution in [0.15, 0.2) is 28.8 Å². The number of ether oxygens (including phenoxy) is 1. The van der Waals surface area contributed by atoms with Crippen molar-refractivity contribution in [3.05, 3.63) is 30.2 Å². The highest BCUT2D eigenvalue weighted by Gasteiger charge is 2.11. The molecular weight excluding hydrogens is 242 g/mol. The van der Waals surface area contributed by atoms with Crippen molar-refractivity contribution in [3.63, 3.8) is 0 Å². The van der Waals surface area contributed by atoms with Crippen molar-refractivity contribution < 1.29 is 9.26 Å². The highest BCUT2D eigenvalue weighted by molar-refractivity contribution is 5.56. The second-order valence-electron chi connectivity index (χ2n) is 4.41. The summed E-state index contributed by atoms with van der Waals surface area (Å²) in [4.78, 5) is 4.40. The summed E-state index contributed by atoms with van der Waals surface area (Å²) < 4.78 is 10.5. The third-order valence-electron chi connectivity index (χ3n) is 2.83. The van der Waals surface area contributed by atoms with Gasteiger partial charge in [0.1, 0.15) is 5.75 Å². The summed E-state index contributed by atoms with van der Waals surface area (Å²) in [5.41, 5.74) is 0.894. The Balaban J connectivity index is 2.11. The standard InChI is InChI=1S/C14H19N3O2/c1-4-15-10(2)8-13-16-14(17-19-13)11-6-5-7-12(9-11)18-3/h5-7,9-10,15H,4,8H2,1-3H3. The number of nitrogens with one attached hydrogen (secondary N) is 1. The first-order valence-corrected chi connectivity index (χ1v) is 6.43. The molecule has 1 N–H and O–H groups in total. The molecule has 0 radical (unpaired) electrons. The Labute approximate surface area is 113 Å². The Hall–Kier alpha value is -1.88. The van der Waals surface area contributed by atoms with Gasteiger partial charge in [0.25, 0.3) is 0 Å². The molecule has 1 heterocycles. The number of rotatable bonds is 6. The van der Waals surface area contributed by atoms with E-state index in [1.54, 1.807) is 7.11 Å². The molecule has 0 bridgehead atoms. The van der Waals surface area contributed by atoms with Gasteiger partial charge in [-0.2, -0.15) is 4.98 Å². The molecule has 0 saturated heterocycles. The number of hydrogen-bond acceptors (Lipinski definition) is 5. The lowest BCUT2D eigenvalue weighted by Crippen LogP contribution is -2.27. The number of hydrogen-bond donors (Lipinski definition) is 1. The molecule has 1 atom stereocenters. The number of methoxy groups -OCH3 is 1. The molecule has 2 aromatic rings. The zero-order valence-corrected chi connectivity index (χ0v) is 11.5. The average molecular weight is 261 g/mol. The lowest BCUT2D eigenvalue weighted by molar-refractivity contribution is 0.363. The summed E-state index contributed by atoms with van der Waals surface area (Å²) in [6.45, 7) is 5.10. The molecule has 1 aromatic carbocycles. The van der Waals surface area contributed by atoms with E-state index in [4.69, 9.17) is 9.26 Å². The molecule has 102 valence electrons. The largest absolute Gasteiger partial charge is 0.497 e. The van der Waals surface area contributed by atoms with Crippen LogP contribution in [0.3, 0.4) is 0 Å². The molecule has 0 saturated carbocycles. The fourth-order valence-corrected chi connectivity index (χ4v) is 1.90. The van der Waals surface area contributed by atoms with Gasteiger partial charge in [0.05, 0.1) is 7.11 Å². The molecule has 19 heavy (non-hydrogen) atoms. The zero-order valence-electron chi connectivity index (χ0n) is 11.5. The highest BCUT2D eigenvalue weighted by Crippen LogP contribution is 2.21. The van der Waals surface area contributed by atoms with E-state index in [0.717, 1.165) is 24.3 Å². The van der Waals surface area contributed by atoms with Crippen molar-refractivity contribution in [2.24, 2.45) is 0 Å². The third kappa shape index (κ3) is 3.54. The van der Waals surface area contributed by atoms with Crippen LogP contribution in [0.5, 0.6) is 5.75 Å². The average Bonchev–Trinajstić information content (AvgIpc) is 2.87. The normalized spacial score (nSPS) is 12.4. The summed E-state index contributed by atoms with van der Waals surface area (Å²) in [5.74, 6) is 2.02. The molecule has 0 aliphatic heterocycles. The van der Waals surface area contributed by atoms with E-state index >= 15 is 0 Å². The maximum atomic E-state index is 5.27. The first kappa shape index (κ1) is 13.5. The fourth-order valence-electron chi connectivity index (χ4n) is 1.90. The summed E-state index contributed by atoms with van der Waals surface area (Å²) in [7, 11) is 1.64. The highest BCUT2D eigenvalue weighted by atomic mass is 16.5. The minimum absolute atomic E-state index is 0.323. The van der Waals surface area contributed by atoms with Crippen LogP contribution < -0.4 is 10.1 Å². The Morgan fingerprint density at radius 1 is 1.42 bits per heavy atom. The van der Waals surface area contributed by atoms with Gasteiger partial charge in [0.2, 0.25) is 11.7 Å². The quantitative estimate of drug-likeness (QED) is 0.864. The van der Waals surface area contributed by atoms with Crippen LogP contribution in [0.2, 0.25) is 0 Å². The van der Waals surface area contributed by atoms with Gasteiger partial charge in [-0.05, 0) is 25.6 Å². The van der Waals surface area contributed by atoms with Gasteiger partial charge in [0.15, 0.2) is 0 Å². The van der Waals surface area contributed by atoms with Crippen LogP contribution >= 0.6 is 0 Å². The summed E-state index contributed by atoms with van der Waals surface area (Å²) >= 11 is 0. The van der Waals surface area contributed by atoms with E-state index in [-0.39, 0.29) is 0 Å². The van der Waals surface area contributed by atoms with Crippen LogP contribution in [0.25, 0.3) is 11.4 Å². The van der Waals surface area contributed by atoms with Crippen LogP contribution in [0.1, 0.15) is 19.7 Å². The van der Waals surface area contributed by atoms with E-state index in [0.29, 0.717) is 17.8 Å². The number of likely N-dealkylation sites (N-methyl/N-ethyl adjacent to an activating group) is 1. The first-order valence-electron chi connectivity index (χ1n) is 6.43. The zero-order chi connectivity index (χ0) is 13.7. The van der Waals surface area contributed by atoms with E-state index in [1.807, 2.05) is 24.3 Å². The van der Waals surface area contributed by atoms with Crippen LogP contribution in [0.4, 0.5) is 0 Å². The fraction of sp³-hybridized carbons (Fsp3) is 0.429. The molecule has 0 aliphatic carbocycles. The second kappa shape index (κ2) is 6.33. The Bertz CT molecular complexity index is 525. The summed E-state index contributed by atoms with van der Waals surface area (Å²) in [5, 5.41) is 7.32. The van der Waals surface area contributed by atoms with Crippen molar-refractivity contribution >= 4 is 0 Å². The van der Waals surface area contributed by atoms with Crippen molar-refractivity contribution in [2.75, 3.05) is 13.7 Å². The van der Waals surface area contributed by atoms with Gasteiger partial charge in [-0.15, -0.1) is 0 Å². The smallest absolute Gasteiger partial charge is 0.228 e. The minimum atomic E-state index is 0.323. The predicted molar refractivity (Wildman–Crippen MR) is 73.1 cm³/mol. The van der Waals surface area contributed by atoms with Gasteiger partial charge in [-0.25, -0.2) is 0 Å². The molecule has 0 aliphatic rings. The van der Waals surface area contributed by atoms with Crippen molar-refractivity contribution in [1.29, 1.82) is 0 Å². The molecule has 5 heteroatoms. The molecule has 2 rings (SSSR count). The van der Waals surface area contributed by atoms with E-state index < -0.39 is 0 Å². The molecule has 1 unspecified atom stereocenters. The molecule has 1 aromatic heterocycles. The summed E-state index contributed by atoms with van der Waals surface area (Å²) in [6, 6.07) is 7.94. The Morgan fingerprint density at radius 2 is 2.26 bits per heavy atom. The SMILES string of the molecule is CCNC(C)Cc1nc(-c2cccc(OC)c2)no1. The molecule has 0 fully saturated rings. The molecule has 0 amide bonds. The number of nitrogens with zero attached hydrogens (tertiary/aromatic N) is 2. The van der Waals surface area contributed by atoms with E-state index in [9.17, 15) is 0 Å². The Kier molecular flexibility index (Phi) is 4.52. The first-order chi connectivity index (χ1) is 9.22. The monoisotopic (exact) mass is 261 g/mol. The van der Waals surface area contributed by atoms with Gasteiger partial charge in [-0.3, -0.25) is 0 Å². The minimum Gasteiger partial charge on any atom is -0.497 e. The van der Waals surface area contributed by atoms with Crippen LogP contribution in [-0.2, 0) is 6.42 Å². The maximum Gasteiger partial charge on any atom is 0.228 e. The summed E-state index contributed by atoms with van der Waals surface area (Å²) in [6.07, 6.45) is 0.727. The number of aromatic nitrogens is 2. The van der Waals surface area contributed by atoms with Crippen molar-refractivity contribution in [2.45, 2.75) is 26.3 Å². The lowest BCUT2D eigenvalue weighted by Gasteiger charge is -2.07. The predicted octanol–water partition coefficient (Wildman–Crippen LogP) is 2.29.